The van der Waals surface area contributed by atoms with Crippen LogP contribution in [0.15, 0.2) is 48.5 Å². The first-order valence-electron chi connectivity index (χ1n) is 6.43. The van der Waals surface area contributed by atoms with Gasteiger partial charge < -0.3 is 5.32 Å². The van der Waals surface area contributed by atoms with E-state index in [4.69, 9.17) is 0 Å². The minimum atomic E-state index is -0.538. The Kier molecular flexibility index (Phi) is 5.28. The van der Waals surface area contributed by atoms with E-state index in [2.05, 4.69) is 17.2 Å². The molecule has 0 aliphatic rings. The van der Waals surface area contributed by atoms with Gasteiger partial charge in [0.1, 0.15) is 11.6 Å². The topological polar surface area (TPSA) is 12.0 Å². The molecule has 0 saturated carbocycles. The molecule has 2 rings (SSSR count). The van der Waals surface area contributed by atoms with Gasteiger partial charge in [0.15, 0.2) is 0 Å². The monoisotopic (exact) mass is 271 g/mol. The third-order valence-corrected chi connectivity index (χ3v) is 2.73. The number of halogens is 2. The zero-order valence-corrected chi connectivity index (χ0v) is 11.0. The summed E-state index contributed by atoms with van der Waals surface area (Å²) in [5, 5.41) is 3.12. The molecule has 0 bridgehead atoms. The van der Waals surface area contributed by atoms with Gasteiger partial charge in [-0.2, -0.15) is 0 Å². The quantitative estimate of drug-likeness (QED) is 0.665. The Bertz CT molecular complexity index is 592. The Morgan fingerprint density at radius 1 is 0.950 bits per heavy atom. The van der Waals surface area contributed by atoms with E-state index in [1.807, 2.05) is 30.3 Å². The first-order valence-corrected chi connectivity index (χ1v) is 6.43. The van der Waals surface area contributed by atoms with Crippen LogP contribution >= 0.6 is 0 Å². The lowest BCUT2D eigenvalue weighted by atomic mass is 10.1. The number of hydrogen-bond donors (Lipinski definition) is 1. The molecule has 0 aliphatic heterocycles. The molecule has 2 aromatic rings. The summed E-state index contributed by atoms with van der Waals surface area (Å²) in [6, 6.07) is 13.3. The lowest BCUT2D eigenvalue weighted by Gasteiger charge is -2.02. The molecule has 0 atom stereocenters. The van der Waals surface area contributed by atoms with Crippen LogP contribution in [0.1, 0.15) is 11.1 Å². The van der Waals surface area contributed by atoms with Gasteiger partial charge in [-0.15, -0.1) is 0 Å². The van der Waals surface area contributed by atoms with Crippen LogP contribution in [0.3, 0.4) is 0 Å². The molecule has 102 valence electrons. The van der Waals surface area contributed by atoms with Crippen LogP contribution in [0.4, 0.5) is 8.78 Å². The van der Waals surface area contributed by atoms with Crippen LogP contribution in [0.2, 0.25) is 0 Å². The van der Waals surface area contributed by atoms with Gasteiger partial charge in [0.2, 0.25) is 0 Å². The van der Waals surface area contributed by atoms with E-state index in [9.17, 15) is 8.78 Å². The molecule has 0 unspecified atom stereocenters. The van der Waals surface area contributed by atoms with Crippen molar-refractivity contribution >= 4 is 0 Å². The molecule has 3 heteroatoms. The van der Waals surface area contributed by atoms with E-state index in [1.54, 1.807) is 0 Å². The van der Waals surface area contributed by atoms with Gasteiger partial charge in [-0.05, 0) is 36.2 Å². The number of hydrogen-bond acceptors (Lipinski definition) is 1. The highest BCUT2D eigenvalue weighted by atomic mass is 19.1. The summed E-state index contributed by atoms with van der Waals surface area (Å²) in [5.74, 6) is 4.95. The average Bonchev–Trinajstić information content (AvgIpc) is 2.43. The Balaban J connectivity index is 1.73. The van der Waals surface area contributed by atoms with Crippen LogP contribution in [-0.2, 0) is 6.42 Å². The van der Waals surface area contributed by atoms with Crippen LogP contribution in [0.5, 0.6) is 0 Å². The Labute approximate surface area is 117 Å². The molecule has 20 heavy (non-hydrogen) atoms. The Hall–Kier alpha value is -2.18. The van der Waals surface area contributed by atoms with Gasteiger partial charge in [0, 0.05) is 18.2 Å². The van der Waals surface area contributed by atoms with E-state index in [0.717, 1.165) is 11.6 Å². The summed E-state index contributed by atoms with van der Waals surface area (Å²) in [4.78, 5) is 0. The predicted octanol–water partition coefficient (Wildman–Crippen LogP) is 3.15. The molecule has 2 aromatic carbocycles. The fourth-order valence-corrected chi connectivity index (χ4v) is 1.81. The van der Waals surface area contributed by atoms with Crippen molar-refractivity contribution in [3.63, 3.8) is 0 Å². The highest BCUT2D eigenvalue weighted by molar-refractivity contribution is 5.33. The molecule has 1 N–H and O–H groups in total. The molecular weight excluding hydrogens is 256 g/mol. The largest absolute Gasteiger partial charge is 0.306 e. The van der Waals surface area contributed by atoms with Crippen LogP contribution in [0.25, 0.3) is 0 Å². The van der Waals surface area contributed by atoms with E-state index < -0.39 is 11.6 Å². The van der Waals surface area contributed by atoms with Gasteiger partial charge in [0.05, 0.1) is 6.54 Å². The molecule has 0 aromatic heterocycles. The predicted molar refractivity (Wildman–Crippen MR) is 76.3 cm³/mol. The summed E-state index contributed by atoms with van der Waals surface area (Å²) in [6.45, 7) is 1.18. The van der Waals surface area contributed by atoms with Crippen molar-refractivity contribution in [1.29, 1.82) is 0 Å². The number of nitrogens with one attached hydrogen (secondary N) is 1. The van der Waals surface area contributed by atoms with Crippen molar-refractivity contribution in [3.05, 3.63) is 71.3 Å². The molecule has 0 aliphatic carbocycles. The van der Waals surface area contributed by atoms with Gasteiger partial charge in [-0.1, -0.05) is 30.0 Å². The maximum absolute atomic E-state index is 13.0. The standard InChI is InChI=1S/C17H15F2N/c18-16-11-15(12-17(19)13-16)8-10-20-9-4-7-14-5-2-1-3-6-14/h1-3,5-6,11-13,20H,8-10H2. The maximum atomic E-state index is 13.0. The van der Waals surface area contributed by atoms with Gasteiger partial charge in [0.25, 0.3) is 0 Å². The Morgan fingerprint density at radius 3 is 2.35 bits per heavy atom. The van der Waals surface area contributed by atoms with Crippen LogP contribution < -0.4 is 5.32 Å². The summed E-state index contributed by atoms with van der Waals surface area (Å²) in [5.41, 5.74) is 1.62. The van der Waals surface area contributed by atoms with Crippen molar-refractivity contribution in [2.24, 2.45) is 0 Å². The van der Waals surface area contributed by atoms with Gasteiger partial charge in [-0.3, -0.25) is 0 Å². The van der Waals surface area contributed by atoms with Crippen molar-refractivity contribution in [3.8, 4) is 11.8 Å². The molecule has 0 spiro atoms. The second kappa shape index (κ2) is 7.42. The van der Waals surface area contributed by atoms with Gasteiger partial charge >= 0.3 is 0 Å². The molecule has 0 heterocycles. The first-order chi connectivity index (χ1) is 9.74. The summed E-state index contributed by atoms with van der Waals surface area (Å²) >= 11 is 0. The molecular formula is C17H15F2N. The molecule has 1 nitrogen and oxygen atoms in total. The lowest BCUT2D eigenvalue weighted by molar-refractivity contribution is 0.578. The van der Waals surface area contributed by atoms with E-state index >= 15 is 0 Å². The first kappa shape index (κ1) is 14.2. The molecule has 0 saturated heterocycles. The van der Waals surface area contributed by atoms with Gasteiger partial charge in [-0.25, -0.2) is 8.78 Å². The second-order valence-electron chi connectivity index (χ2n) is 4.37. The minimum Gasteiger partial charge on any atom is -0.306 e. The highest BCUT2D eigenvalue weighted by Gasteiger charge is 1.99. The van der Waals surface area contributed by atoms with Crippen LogP contribution in [0, 0.1) is 23.5 Å². The zero-order valence-electron chi connectivity index (χ0n) is 11.0. The van der Waals surface area contributed by atoms with Crippen molar-refractivity contribution in [1.82, 2.24) is 5.32 Å². The normalized spacial score (nSPS) is 9.90. The second-order valence-corrected chi connectivity index (χ2v) is 4.37. The number of benzene rings is 2. The summed E-state index contributed by atoms with van der Waals surface area (Å²) in [6.07, 6.45) is 0.571. The fourth-order valence-electron chi connectivity index (χ4n) is 1.81. The highest BCUT2D eigenvalue weighted by Crippen LogP contribution is 2.07. The fraction of sp³-hybridized carbons (Fsp3) is 0.176. The average molecular weight is 271 g/mol. The van der Waals surface area contributed by atoms with Crippen LogP contribution in [-0.4, -0.2) is 13.1 Å². The van der Waals surface area contributed by atoms with E-state index in [0.29, 0.717) is 25.1 Å². The third-order valence-electron chi connectivity index (χ3n) is 2.73. The zero-order chi connectivity index (χ0) is 14.2. The summed E-state index contributed by atoms with van der Waals surface area (Å²) in [7, 11) is 0. The Morgan fingerprint density at radius 2 is 1.65 bits per heavy atom. The lowest BCUT2D eigenvalue weighted by Crippen LogP contribution is -2.17. The SMILES string of the molecule is Fc1cc(F)cc(CCNCC#Cc2ccccc2)c1. The molecule has 0 amide bonds. The number of rotatable bonds is 4. The smallest absolute Gasteiger partial charge is 0.126 e. The third kappa shape index (κ3) is 4.83. The maximum Gasteiger partial charge on any atom is 0.126 e. The molecule has 0 fully saturated rings. The van der Waals surface area contributed by atoms with E-state index in [-0.39, 0.29) is 0 Å². The summed E-state index contributed by atoms with van der Waals surface area (Å²) < 4.78 is 25.9. The van der Waals surface area contributed by atoms with Crippen molar-refractivity contribution < 1.29 is 8.78 Å². The van der Waals surface area contributed by atoms with Crippen molar-refractivity contribution in [2.45, 2.75) is 6.42 Å². The minimum absolute atomic E-state index is 0.538. The van der Waals surface area contributed by atoms with Crippen molar-refractivity contribution in [2.75, 3.05) is 13.1 Å². The molecule has 0 radical (unpaired) electrons. The van der Waals surface area contributed by atoms with E-state index in [1.165, 1.54) is 12.1 Å².